The first kappa shape index (κ1) is 14.5. The van der Waals surface area contributed by atoms with Gasteiger partial charge in [0.1, 0.15) is 0 Å². The molecule has 0 aliphatic carbocycles. The summed E-state index contributed by atoms with van der Waals surface area (Å²) in [7, 11) is -4.37. The standard InChI is InChI=1S/C8H16O6S/c1-3-4-12-7-8(2)13-5-6-14-15(9,10)11/h3,8H,1,4-7H2,2H3,(H,9,10,11). The van der Waals surface area contributed by atoms with Gasteiger partial charge in [-0.05, 0) is 6.92 Å². The Kier molecular flexibility index (Phi) is 7.53. The maximum atomic E-state index is 10.1. The summed E-state index contributed by atoms with van der Waals surface area (Å²) in [5.74, 6) is 0. The van der Waals surface area contributed by atoms with Crippen LogP contribution >= 0.6 is 0 Å². The van der Waals surface area contributed by atoms with Crippen LogP contribution in [0.25, 0.3) is 0 Å². The molecule has 0 radical (unpaired) electrons. The van der Waals surface area contributed by atoms with Crippen molar-refractivity contribution in [2.75, 3.05) is 26.4 Å². The highest BCUT2D eigenvalue weighted by molar-refractivity contribution is 7.80. The minimum Gasteiger partial charge on any atom is -0.375 e. The number of rotatable bonds is 9. The van der Waals surface area contributed by atoms with Gasteiger partial charge in [0, 0.05) is 0 Å². The molecule has 90 valence electrons. The van der Waals surface area contributed by atoms with E-state index in [0.717, 1.165) is 0 Å². The molecule has 0 rings (SSSR count). The Morgan fingerprint density at radius 1 is 1.47 bits per heavy atom. The Labute approximate surface area is 89.8 Å². The summed E-state index contributed by atoms with van der Waals surface area (Å²) >= 11 is 0. The molecular weight excluding hydrogens is 224 g/mol. The summed E-state index contributed by atoms with van der Waals surface area (Å²) in [5.41, 5.74) is 0. The van der Waals surface area contributed by atoms with E-state index in [0.29, 0.717) is 13.2 Å². The van der Waals surface area contributed by atoms with E-state index < -0.39 is 10.4 Å². The highest BCUT2D eigenvalue weighted by atomic mass is 32.3. The van der Waals surface area contributed by atoms with E-state index in [9.17, 15) is 8.42 Å². The van der Waals surface area contributed by atoms with Crippen LogP contribution in [0.15, 0.2) is 12.7 Å². The van der Waals surface area contributed by atoms with Gasteiger partial charge in [0.15, 0.2) is 0 Å². The second-order valence-corrected chi connectivity index (χ2v) is 3.85. The van der Waals surface area contributed by atoms with Crippen LogP contribution in [-0.4, -0.2) is 45.5 Å². The van der Waals surface area contributed by atoms with Crippen LogP contribution in [0.4, 0.5) is 0 Å². The van der Waals surface area contributed by atoms with Crippen molar-refractivity contribution in [3.05, 3.63) is 12.7 Å². The molecule has 0 saturated carbocycles. The first-order valence-corrected chi connectivity index (χ1v) is 5.74. The first-order valence-electron chi connectivity index (χ1n) is 4.38. The zero-order valence-corrected chi connectivity index (χ0v) is 9.40. The molecule has 0 amide bonds. The molecule has 0 heterocycles. The zero-order chi connectivity index (χ0) is 11.7. The molecule has 0 fully saturated rings. The van der Waals surface area contributed by atoms with E-state index in [2.05, 4.69) is 10.8 Å². The molecule has 0 spiro atoms. The third kappa shape index (κ3) is 11.5. The van der Waals surface area contributed by atoms with Crippen molar-refractivity contribution in [2.24, 2.45) is 0 Å². The third-order valence-corrected chi connectivity index (χ3v) is 1.77. The van der Waals surface area contributed by atoms with Crippen molar-refractivity contribution in [1.29, 1.82) is 0 Å². The van der Waals surface area contributed by atoms with Gasteiger partial charge in [-0.3, -0.25) is 4.55 Å². The lowest BCUT2D eigenvalue weighted by Crippen LogP contribution is -2.19. The highest BCUT2D eigenvalue weighted by Crippen LogP contribution is 1.93. The van der Waals surface area contributed by atoms with E-state index in [4.69, 9.17) is 14.0 Å². The van der Waals surface area contributed by atoms with Crippen molar-refractivity contribution < 1.29 is 26.6 Å². The van der Waals surface area contributed by atoms with Gasteiger partial charge in [0.05, 0.1) is 32.5 Å². The molecule has 0 aromatic carbocycles. The Morgan fingerprint density at radius 2 is 2.13 bits per heavy atom. The lowest BCUT2D eigenvalue weighted by Gasteiger charge is -2.12. The molecule has 7 heteroatoms. The van der Waals surface area contributed by atoms with Crippen LogP contribution in [0.2, 0.25) is 0 Å². The number of hydrogen-bond acceptors (Lipinski definition) is 5. The van der Waals surface area contributed by atoms with Crippen molar-refractivity contribution >= 4 is 10.4 Å². The lowest BCUT2D eigenvalue weighted by atomic mass is 10.4. The molecule has 1 unspecified atom stereocenters. The van der Waals surface area contributed by atoms with E-state index in [1.54, 1.807) is 13.0 Å². The fourth-order valence-electron chi connectivity index (χ4n) is 0.754. The molecule has 0 aromatic rings. The van der Waals surface area contributed by atoms with Gasteiger partial charge in [0.25, 0.3) is 0 Å². The Bertz CT molecular complexity index is 260. The van der Waals surface area contributed by atoms with E-state index >= 15 is 0 Å². The minimum absolute atomic E-state index is 0.0679. The molecule has 1 atom stereocenters. The topological polar surface area (TPSA) is 82.1 Å². The monoisotopic (exact) mass is 240 g/mol. The van der Waals surface area contributed by atoms with E-state index in [1.165, 1.54) is 0 Å². The van der Waals surface area contributed by atoms with E-state index in [-0.39, 0.29) is 19.3 Å². The normalized spacial score (nSPS) is 13.7. The molecule has 6 nitrogen and oxygen atoms in total. The number of ether oxygens (including phenoxy) is 2. The maximum absolute atomic E-state index is 10.1. The summed E-state index contributed by atoms with van der Waals surface area (Å²) in [5, 5.41) is 0. The first-order chi connectivity index (χ1) is 6.95. The van der Waals surface area contributed by atoms with Gasteiger partial charge < -0.3 is 9.47 Å². The molecule has 0 bridgehead atoms. The number of hydrogen-bond donors (Lipinski definition) is 1. The van der Waals surface area contributed by atoms with Crippen LogP contribution in [0.5, 0.6) is 0 Å². The van der Waals surface area contributed by atoms with Crippen molar-refractivity contribution in [2.45, 2.75) is 13.0 Å². The average molecular weight is 240 g/mol. The Morgan fingerprint density at radius 3 is 2.67 bits per heavy atom. The van der Waals surface area contributed by atoms with E-state index in [1.807, 2.05) is 0 Å². The third-order valence-electron chi connectivity index (χ3n) is 1.31. The molecule has 15 heavy (non-hydrogen) atoms. The van der Waals surface area contributed by atoms with Gasteiger partial charge in [-0.1, -0.05) is 6.08 Å². The summed E-state index contributed by atoms with van der Waals surface area (Å²) in [6, 6.07) is 0. The maximum Gasteiger partial charge on any atom is 0.397 e. The summed E-state index contributed by atoms with van der Waals surface area (Å²) < 4.78 is 42.7. The smallest absolute Gasteiger partial charge is 0.375 e. The van der Waals surface area contributed by atoms with Crippen LogP contribution in [0.1, 0.15) is 6.92 Å². The fraction of sp³-hybridized carbons (Fsp3) is 0.750. The van der Waals surface area contributed by atoms with Crippen molar-refractivity contribution in [1.82, 2.24) is 0 Å². The van der Waals surface area contributed by atoms with Crippen LogP contribution in [0, 0.1) is 0 Å². The fourth-order valence-corrected chi connectivity index (χ4v) is 1.03. The Hall–Kier alpha value is -0.470. The molecule has 0 aliphatic rings. The molecule has 0 aromatic heterocycles. The van der Waals surface area contributed by atoms with Crippen molar-refractivity contribution in [3.8, 4) is 0 Å². The van der Waals surface area contributed by atoms with Crippen LogP contribution in [0.3, 0.4) is 0 Å². The summed E-state index contributed by atoms with van der Waals surface area (Å²) in [6.45, 7) is 5.93. The lowest BCUT2D eigenvalue weighted by molar-refractivity contribution is -0.00985. The predicted octanol–water partition coefficient (Wildman–Crippen LogP) is 0.414. The van der Waals surface area contributed by atoms with Gasteiger partial charge >= 0.3 is 10.4 Å². The second kappa shape index (κ2) is 7.77. The SMILES string of the molecule is C=CCOCC(C)OCCOS(=O)(=O)O. The predicted molar refractivity (Wildman–Crippen MR) is 53.9 cm³/mol. The van der Waals surface area contributed by atoms with Crippen LogP contribution in [-0.2, 0) is 24.1 Å². The molecule has 0 aliphatic heterocycles. The van der Waals surface area contributed by atoms with Gasteiger partial charge in [-0.2, -0.15) is 8.42 Å². The quantitative estimate of drug-likeness (QED) is 0.357. The summed E-state index contributed by atoms with van der Waals surface area (Å²) in [6.07, 6.45) is 1.45. The molecule has 1 N–H and O–H groups in total. The minimum atomic E-state index is -4.37. The van der Waals surface area contributed by atoms with Gasteiger partial charge in [-0.25, -0.2) is 4.18 Å². The van der Waals surface area contributed by atoms with Crippen LogP contribution < -0.4 is 0 Å². The second-order valence-electron chi connectivity index (χ2n) is 2.76. The van der Waals surface area contributed by atoms with Crippen molar-refractivity contribution in [3.63, 3.8) is 0 Å². The molecular formula is C8H16O6S. The zero-order valence-electron chi connectivity index (χ0n) is 8.59. The van der Waals surface area contributed by atoms with Gasteiger partial charge in [-0.15, -0.1) is 6.58 Å². The largest absolute Gasteiger partial charge is 0.397 e. The molecule has 0 saturated heterocycles. The highest BCUT2D eigenvalue weighted by Gasteiger charge is 2.05. The van der Waals surface area contributed by atoms with Gasteiger partial charge in [0.2, 0.25) is 0 Å². The summed E-state index contributed by atoms with van der Waals surface area (Å²) in [4.78, 5) is 0. The Balaban J connectivity index is 3.38. The average Bonchev–Trinajstić information content (AvgIpc) is 2.11.